The van der Waals surface area contributed by atoms with Gasteiger partial charge in [-0.15, -0.1) is 0 Å². The molecule has 37 heavy (non-hydrogen) atoms. The first-order valence-corrected chi connectivity index (χ1v) is 13.9. The standard InChI is InChI=1S/C30H37N3O4/c1-28(2,3)20-15-31-12-9-19(20)27(35)32-21-8-10-30(36)23-14-18-6-7-22(34)25-24(18)29(30,26(21)37-25)11-13-33(23)16-17-4-5-17/h6-7,9,12,15,17,21,23,26,34,36H,4-5,8,10-11,13-14,16H2,1-3H3,(H,32,35)/t21-,23-,26+,29+,30-/m1/s1. The molecule has 2 bridgehead atoms. The van der Waals surface area contributed by atoms with Crippen molar-refractivity contribution in [2.24, 2.45) is 5.92 Å². The number of nitrogens with zero attached hydrogens (tertiary/aromatic N) is 2. The molecule has 0 unspecified atom stereocenters. The average molecular weight is 504 g/mol. The number of carbonyl (C=O) groups is 1. The molecule has 1 aromatic carbocycles. The van der Waals surface area contributed by atoms with E-state index in [9.17, 15) is 15.0 Å². The molecular formula is C30H37N3O4. The lowest BCUT2D eigenvalue weighted by Crippen LogP contribution is -2.78. The zero-order valence-corrected chi connectivity index (χ0v) is 22.0. The molecule has 3 fully saturated rings. The van der Waals surface area contributed by atoms with Gasteiger partial charge in [-0.05, 0) is 79.7 Å². The van der Waals surface area contributed by atoms with E-state index in [1.165, 1.54) is 18.4 Å². The van der Waals surface area contributed by atoms with Crippen molar-refractivity contribution in [2.45, 2.75) is 93.9 Å². The molecule has 7 rings (SSSR count). The number of benzene rings is 1. The van der Waals surface area contributed by atoms with Gasteiger partial charge < -0.3 is 20.3 Å². The average Bonchev–Trinajstić information content (AvgIpc) is 3.60. The van der Waals surface area contributed by atoms with Crippen LogP contribution in [-0.4, -0.2) is 62.9 Å². The van der Waals surface area contributed by atoms with Crippen LogP contribution in [0.25, 0.3) is 0 Å². The predicted molar refractivity (Wildman–Crippen MR) is 139 cm³/mol. The molecule has 3 aliphatic carbocycles. The number of phenolic OH excluding ortho intramolecular Hbond substituents is 1. The molecule has 7 nitrogen and oxygen atoms in total. The molecule has 2 aromatic rings. The third kappa shape index (κ3) is 3.19. The summed E-state index contributed by atoms with van der Waals surface area (Å²) in [5.41, 5.74) is 1.87. The monoisotopic (exact) mass is 503 g/mol. The van der Waals surface area contributed by atoms with Crippen LogP contribution in [0, 0.1) is 5.92 Å². The van der Waals surface area contributed by atoms with E-state index < -0.39 is 17.1 Å². The number of aliphatic hydroxyl groups is 1. The second-order valence-electron chi connectivity index (χ2n) is 13.1. The Hall–Kier alpha value is -2.64. The van der Waals surface area contributed by atoms with Crippen LogP contribution in [0.2, 0.25) is 0 Å². The van der Waals surface area contributed by atoms with Crippen LogP contribution in [0.15, 0.2) is 30.6 Å². The summed E-state index contributed by atoms with van der Waals surface area (Å²) in [6.07, 6.45) is 8.34. The van der Waals surface area contributed by atoms with Crippen LogP contribution in [0.5, 0.6) is 11.5 Å². The Morgan fingerprint density at radius 3 is 2.78 bits per heavy atom. The first kappa shape index (κ1) is 23.5. The molecule has 3 N–H and O–H groups in total. The number of likely N-dealkylation sites (tertiary alicyclic amines) is 1. The van der Waals surface area contributed by atoms with E-state index in [-0.39, 0.29) is 29.2 Å². The van der Waals surface area contributed by atoms with Gasteiger partial charge in [0.15, 0.2) is 11.5 Å². The number of rotatable bonds is 4. The SMILES string of the molecule is CC(C)(C)c1cnccc1C(=O)N[C@@H]1CC[C@@]2(O)[C@H]3Cc4ccc(O)c5c4[C@@]2(CCN3CC2CC2)[C@H]1O5. The van der Waals surface area contributed by atoms with Gasteiger partial charge in [-0.3, -0.25) is 14.7 Å². The molecule has 3 heterocycles. The second kappa shape index (κ2) is 7.70. The maximum absolute atomic E-state index is 13.7. The Balaban J connectivity index is 1.28. The maximum atomic E-state index is 13.7. The minimum Gasteiger partial charge on any atom is -0.504 e. The number of aromatic nitrogens is 1. The lowest BCUT2D eigenvalue weighted by Gasteiger charge is -2.64. The summed E-state index contributed by atoms with van der Waals surface area (Å²) in [7, 11) is 0. The van der Waals surface area contributed by atoms with E-state index >= 15 is 0 Å². The van der Waals surface area contributed by atoms with E-state index in [2.05, 4.69) is 36.0 Å². The van der Waals surface area contributed by atoms with E-state index in [4.69, 9.17) is 4.74 Å². The summed E-state index contributed by atoms with van der Waals surface area (Å²) in [5, 5.41) is 26.7. The van der Waals surface area contributed by atoms with E-state index in [1.54, 1.807) is 24.5 Å². The molecule has 1 aromatic heterocycles. The zero-order chi connectivity index (χ0) is 25.7. The Morgan fingerprint density at radius 2 is 2.03 bits per heavy atom. The van der Waals surface area contributed by atoms with Gasteiger partial charge in [0.05, 0.1) is 17.1 Å². The molecule has 7 heteroatoms. The van der Waals surface area contributed by atoms with Crippen molar-refractivity contribution in [3.63, 3.8) is 0 Å². The molecule has 2 aliphatic heterocycles. The number of hydrogen-bond acceptors (Lipinski definition) is 6. The number of nitrogens with one attached hydrogen (secondary N) is 1. The molecule has 196 valence electrons. The highest BCUT2D eigenvalue weighted by molar-refractivity contribution is 5.96. The number of ether oxygens (including phenoxy) is 1. The van der Waals surface area contributed by atoms with Crippen molar-refractivity contribution in [1.82, 2.24) is 15.2 Å². The second-order valence-corrected chi connectivity index (χ2v) is 13.1. The van der Waals surface area contributed by atoms with Crippen LogP contribution in [0.4, 0.5) is 0 Å². The van der Waals surface area contributed by atoms with Crippen molar-refractivity contribution in [3.8, 4) is 11.5 Å². The Kier molecular flexibility index (Phi) is 4.88. The van der Waals surface area contributed by atoms with Crippen molar-refractivity contribution in [2.75, 3.05) is 13.1 Å². The number of carbonyl (C=O) groups excluding carboxylic acids is 1. The van der Waals surface area contributed by atoms with Crippen LogP contribution < -0.4 is 10.1 Å². The lowest BCUT2D eigenvalue weighted by atomic mass is 9.48. The summed E-state index contributed by atoms with van der Waals surface area (Å²) in [4.78, 5) is 20.5. The van der Waals surface area contributed by atoms with Gasteiger partial charge in [0.25, 0.3) is 5.91 Å². The number of piperidine rings is 1. The quantitative estimate of drug-likeness (QED) is 0.592. The van der Waals surface area contributed by atoms with Crippen LogP contribution in [0.1, 0.15) is 79.9 Å². The van der Waals surface area contributed by atoms with Crippen molar-refractivity contribution in [3.05, 3.63) is 52.8 Å². The smallest absolute Gasteiger partial charge is 0.252 e. The van der Waals surface area contributed by atoms with Crippen LogP contribution >= 0.6 is 0 Å². The molecule has 1 amide bonds. The van der Waals surface area contributed by atoms with Gasteiger partial charge in [0, 0.05) is 36.1 Å². The minimum absolute atomic E-state index is 0.0280. The number of phenols is 1. The topological polar surface area (TPSA) is 94.9 Å². The Morgan fingerprint density at radius 1 is 1.22 bits per heavy atom. The van der Waals surface area contributed by atoms with E-state index in [0.717, 1.165) is 43.0 Å². The maximum Gasteiger partial charge on any atom is 0.252 e. The van der Waals surface area contributed by atoms with Gasteiger partial charge in [0.2, 0.25) is 0 Å². The lowest BCUT2D eigenvalue weighted by molar-refractivity contribution is -0.191. The summed E-state index contributed by atoms with van der Waals surface area (Å²) in [6, 6.07) is 5.29. The molecule has 1 saturated heterocycles. The van der Waals surface area contributed by atoms with Gasteiger partial charge in [-0.2, -0.15) is 0 Å². The predicted octanol–water partition coefficient (Wildman–Crippen LogP) is 3.45. The Bertz CT molecular complexity index is 1280. The molecule has 2 saturated carbocycles. The first-order valence-electron chi connectivity index (χ1n) is 13.9. The highest BCUT2D eigenvalue weighted by Gasteiger charge is 2.73. The molecule has 0 radical (unpaired) electrons. The normalized spacial score (nSPS) is 34.0. The number of hydrogen-bond donors (Lipinski definition) is 3. The van der Waals surface area contributed by atoms with Crippen LogP contribution in [-0.2, 0) is 17.3 Å². The fraction of sp³-hybridized carbons (Fsp3) is 0.600. The molecule has 1 spiro atoms. The summed E-state index contributed by atoms with van der Waals surface area (Å²) in [6.45, 7) is 8.20. The third-order valence-corrected chi connectivity index (χ3v) is 9.95. The highest BCUT2D eigenvalue weighted by atomic mass is 16.5. The van der Waals surface area contributed by atoms with Gasteiger partial charge >= 0.3 is 0 Å². The largest absolute Gasteiger partial charge is 0.504 e. The van der Waals surface area contributed by atoms with Crippen molar-refractivity contribution < 1.29 is 19.7 Å². The number of pyridine rings is 1. The fourth-order valence-corrected chi connectivity index (χ4v) is 8.07. The van der Waals surface area contributed by atoms with E-state index in [1.807, 2.05) is 6.07 Å². The first-order chi connectivity index (χ1) is 17.6. The van der Waals surface area contributed by atoms with Crippen molar-refractivity contribution in [1.29, 1.82) is 0 Å². The fourth-order valence-electron chi connectivity index (χ4n) is 8.07. The number of aromatic hydroxyl groups is 1. The van der Waals surface area contributed by atoms with Crippen LogP contribution in [0.3, 0.4) is 0 Å². The van der Waals surface area contributed by atoms with Gasteiger partial charge in [0.1, 0.15) is 6.10 Å². The highest BCUT2D eigenvalue weighted by Crippen LogP contribution is 2.65. The van der Waals surface area contributed by atoms with Gasteiger partial charge in [-0.25, -0.2) is 0 Å². The third-order valence-electron chi connectivity index (χ3n) is 9.95. The molecule has 5 aliphatic rings. The van der Waals surface area contributed by atoms with Gasteiger partial charge in [-0.1, -0.05) is 26.8 Å². The minimum atomic E-state index is -0.953. The summed E-state index contributed by atoms with van der Waals surface area (Å²) < 4.78 is 6.59. The van der Waals surface area contributed by atoms with Crippen molar-refractivity contribution >= 4 is 5.91 Å². The van der Waals surface area contributed by atoms with E-state index in [0.29, 0.717) is 24.2 Å². The summed E-state index contributed by atoms with van der Waals surface area (Å²) >= 11 is 0. The zero-order valence-electron chi connectivity index (χ0n) is 22.0. The molecular weight excluding hydrogens is 466 g/mol. The Labute approximate surface area is 218 Å². The molecule has 5 atom stereocenters. The number of amides is 1. The summed E-state index contributed by atoms with van der Waals surface area (Å²) in [5.74, 6) is 1.24.